The predicted molar refractivity (Wildman–Crippen MR) is 155 cm³/mol. The van der Waals surface area contributed by atoms with Crippen LogP contribution in [-0.4, -0.2) is 52.8 Å². The molecule has 0 aliphatic carbocycles. The number of nitrogens with zero attached hydrogens (tertiary/aromatic N) is 4. The molecule has 2 aromatic carbocycles. The van der Waals surface area contributed by atoms with Crippen LogP contribution in [0.15, 0.2) is 60.7 Å². The summed E-state index contributed by atoms with van der Waals surface area (Å²) in [4.78, 5) is 16.9. The van der Waals surface area contributed by atoms with Gasteiger partial charge in [0.15, 0.2) is 5.65 Å². The molecule has 0 saturated carbocycles. The SMILES string of the molecule is CCCS(=O)(=O)n1c(NOS(C)(=O)=O)nc2ccc(-c3[nH]c(-c4c(Cl)cccc4Cl)nc3-c3ccccc3)nc21. The van der Waals surface area contributed by atoms with E-state index in [1.54, 1.807) is 37.3 Å². The molecule has 208 valence electrons. The van der Waals surface area contributed by atoms with Crippen LogP contribution in [0.5, 0.6) is 0 Å². The van der Waals surface area contributed by atoms with Gasteiger partial charge in [-0.3, -0.25) is 0 Å². The number of pyridine rings is 1. The molecule has 0 fully saturated rings. The maximum Gasteiger partial charge on any atom is 0.285 e. The first-order valence-electron chi connectivity index (χ1n) is 11.9. The highest BCUT2D eigenvalue weighted by molar-refractivity contribution is 7.90. The predicted octanol–water partition coefficient (Wildman–Crippen LogP) is 5.35. The summed E-state index contributed by atoms with van der Waals surface area (Å²) >= 11 is 12.9. The van der Waals surface area contributed by atoms with Crippen LogP contribution in [-0.2, 0) is 24.4 Å². The zero-order valence-corrected chi connectivity index (χ0v) is 24.2. The largest absolute Gasteiger partial charge is 0.336 e. The van der Waals surface area contributed by atoms with E-state index in [0.29, 0.717) is 44.9 Å². The first-order chi connectivity index (χ1) is 19.0. The van der Waals surface area contributed by atoms with Crippen LogP contribution in [0, 0.1) is 0 Å². The third-order valence-electron chi connectivity index (χ3n) is 5.70. The van der Waals surface area contributed by atoms with Gasteiger partial charge in [0.2, 0.25) is 16.0 Å². The van der Waals surface area contributed by atoms with Gasteiger partial charge >= 0.3 is 0 Å². The van der Waals surface area contributed by atoms with Gasteiger partial charge in [-0.1, -0.05) is 66.5 Å². The molecule has 5 rings (SSSR count). The first kappa shape index (κ1) is 28.1. The second kappa shape index (κ2) is 10.8. The quantitative estimate of drug-likeness (QED) is 0.208. The Morgan fingerprint density at radius 3 is 2.27 bits per heavy atom. The van der Waals surface area contributed by atoms with Crippen molar-refractivity contribution in [3.63, 3.8) is 0 Å². The van der Waals surface area contributed by atoms with Crippen molar-refractivity contribution in [3.05, 3.63) is 70.7 Å². The summed E-state index contributed by atoms with van der Waals surface area (Å²) in [7, 11) is -7.98. The van der Waals surface area contributed by atoms with Crippen LogP contribution in [0.1, 0.15) is 13.3 Å². The molecule has 5 aromatic rings. The third-order valence-corrected chi connectivity index (χ3v) is 8.54. The highest BCUT2D eigenvalue weighted by atomic mass is 35.5. The lowest BCUT2D eigenvalue weighted by Gasteiger charge is -2.10. The minimum absolute atomic E-state index is 0.0310. The topological polar surface area (TPSA) is 149 Å². The van der Waals surface area contributed by atoms with Crippen molar-refractivity contribution in [2.45, 2.75) is 13.3 Å². The minimum atomic E-state index is -4.01. The summed E-state index contributed by atoms with van der Waals surface area (Å²) < 4.78 is 55.1. The Hall–Kier alpha value is -3.49. The van der Waals surface area contributed by atoms with Gasteiger partial charge in [0.25, 0.3) is 10.1 Å². The molecule has 0 saturated heterocycles. The molecule has 40 heavy (non-hydrogen) atoms. The number of imidazole rings is 2. The van der Waals surface area contributed by atoms with E-state index in [-0.39, 0.29) is 22.9 Å². The van der Waals surface area contributed by atoms with Crippen LogP contribution < -0.4 is 5.48 Å². The summed E-state index contributed by atoms with van der Waals surface area (Å²) in [6.45, 7) is 1.70. The second-order valence-electron chi connectivity index (χ2n) is 8.72. The number of hydrogen-bond donors (Lipinski definition) is 2. The molecule has 0 unspecified atom stereocenters. The van der Waals surface area contributed by atoms with E-state index in [1.807, 2.05) is 30.3 Å². The van der Waals surface area contributed by atoms with E-state index in [9.17, 15) is 16.8 Å². The molecular formula is C25H22Cl2N6O5S2. The number of nitrogens with one attached hydrogen (secondary N) is 2. The van der Waals surface area contributed by atoms with E-state index in [4.69, 9.17) is 28.2 Å². The lowest BCUT2D eigenvalue weighted by molar-refractivity contribution is 0.391. The van der Waals surface area contributed by atoms with Crippen molar-refractivity contribution in [1.82, 2.24) is 23.9 Å². The van der Waals surface area contributed by atoms with Gasteiger partial charge in [0.1, 0.15) is 11.3 Å². The van der Waals surface area contributed by atoms with Gasteiger partial charge in [-0.25, -0.2) is 28.8 Å². The lowest BCUT2D eigenvalue weighted by atomic mass is 10.1. The Morgan fingerprint density at radius 2 is 1.62 bits per heavy atom. The van der Waals surface area contributed by atoms with Gasteiger partial charge in [0.05, 0.1) is 44.7 Å². The van der Waals surface area contributed by atoms with Gasteiger partial charge in [0, 0.05) is 5.56 Å². The van der Waals surface area contributed by atoms with Crippen LogP contribution in [0.25, 0.3) is 45.2 Å². The van der Waals surface area contributed by atoms with E-state index in [2.05, 4.69) is 24.7 Å². The smallest absolute Gasteiger partial charge is 0.285 e. The number of aromatic amines is 1. The highest BCUT2D eigenvalue weighted by Gasteiger charge is 2.26. The van der Waals surface area contributed by atoms with E-state index in [0.717, 1.165) is 15.8 Å². The molecule has 0 amide bonds. The Labute approximate surface area is 240 Å². The average molecular weight is 622 g/mol. The van der Waals surface area contributed by atoms with Gasteiger partial charge in [-0.2, -0.15) is 12.4 Å². The van der Waals surface area contributed by atoms with Gasteiger partial charge < -0.3 is 4.98 Å². The fraction of sp³-hybridized carbons (Fsp3) is 0.160. The second-order valence-corrected chi connectivity index (χ2v) is 13.0. The molecular weight excluding hydrogens is 599 g/mol. The zero-order chi connectivity index (χ0) is 28.7. The molecule has 0 bridgehead atoms. The molecule has 3 heterocycles. The maximum atomic E-state index is 13.2. The molecule has 0 aliphatic heterocycles. The highest BCUT2D eigenvalue weighted by Crippen LogP contribution is 2.38. The maximum absolute atomic E-state index is 13.2. The van der Waals surface area contributed by atoms with Crippen molar-refractivity contribution in [2.75, 3.05) is 17.5 Å². The number of anilines is 1. The number of aromatic nitrogens is 5. The van der Waals surface area contributed by atoms with Crippen molar-refractivity contribution in [1.29, 1.82) is 0 Å². The van der Waals surface area contributed by atoms with Crippen LogP contribution in [0.2, 0.25) is 10.0 Å². The van der Waals surface area contributed by atoms with Gasteiger partial charge in [-0.05, 0) is 30.7 Å². The zero-order valence-electron chi connectivity index (χ0n) is 21.1. The molecule has 0 atom stereocenters. The Kier molecular flexibility index (Phi) is 7.59. The van der Waals surface area contributed by atoms with Crippen LogP contribution in [0.4, 0.5) is 5.95 Å². The molecule has 0 aliphatic rings. The molecule has 0 spiro atoms. The fourth-order valence-electron chi connectivity index (χ4n) is 4.07. The summed E-state index contributed by atoms with van der Waals surface area (Å²) in [6, 6.07) is 17.7. The molecule has 0 radical (unpaired) electrons. The third kappa shape index (κ3) is 5.56. The molecule has 15 heteroatoms. The van der Waals surface area contributed by atoms with Crippen LogP contribution in [0.3, 0.4) is 0 Å². The Morgan fingerprint density at radius 1 is 0.925 bits per heavy atom. The van der Waals surface area contributed by atoms with Crippen LogP contribution >= 0.6 is 23.2 Å². The average Bonchev–Trinajstić information content (AvgIpc) is 3.49. The van der Waals surface area contributed by atoms with Crippen molar-refractivity contribution in [3.8, 4) is 34.0 Å². The summed E-state index contributed by atoms with van der Waals surface area (Å²) in [5, 5.41) is 0.780. The summed E-state index contributed by atoms with van der Waals surface area (Å²) in [5.74, 6) is -0.204. The van der Waals surface area contributed by atoms with Crippen molar-refractivity contribution < 1.29 is 21.1 Å². The van der Waals surface area contributed by atoms with E-state index >= 15 is 0 Å². The summed E-state index contributed by atoms with van der Waals surface area (Å²) in [5.41, 5.74) is 4.90. The monoisotopic (exact) mass is 620 g/mol. The van der Waals surface area contributed by atoms with E-state index in [1.165, 1.54) is 0 Å². The Balaban J connectivity index is 1.74. The molecule has 11 nitrogen and oxygen atoms in total. The number of fused-ring (bicyclic) bond motifs is 1. The number of halogens is 2. The first-order valence-corrected chi connectivity index (χ1v) is 16.0. The fourth-order valence-corrected chi connectivity index (χ4v) is 6.31. The molecule has 2 N–H and O–H groups in total. The molecule has 3 aromatic heterocycles. The van der Waals surface area contributed by atoms with Crippen molar-refractivity contribution >= 4 is 60.5 Å². The van der Waals surface area contributed by atoms with Crippen molar-refractivity contribution in [2.24, 2.45) is 0 Å². The normalized spacial score (nSPS) is 12.2. The minimum Gasteiger partial charge on any atom is -0.336 e. The van der Waals surface area contributed by atoms with Gasteiger partial charge in [-0.15, -0.1) is 4.28 Å². The summed E-state index contributed by atoms with van der Waals surface area (Å²) in [6.07, 6.45) is 1.12. The van der Waals surface area contributed by atoms with E-state index < -0.39 is 20.1 Å². The lowest BCUT2D eigenvalue weighted by Crippen LogP contribution is -2.21. The number of rotatable bonds is 9. The Bertz CT molecular complexity index is 1920. The number of H-pyrrole nitrogens is 1. The standard InChI is InChI=1S/C25H22Cl2N6O5S2/c1-3-14-40(36,37)33-24-19(29-25(33)32-38-39(2,34)35)13-12-18(28-24)22-21(15-8-5-4-6-9-15)30-23(31-22)20-16(26)10-7-11-17(20)27/h4-13H,3,14H2,1-2H3,(H,29,32)(H,30,31). The number of benzene rings is 2. The number of hydrogen-bond acceptors (Lipinski definition) is 9.